The van der Waals surface area contributed by atoms with Gasteiger partial charge in [-0.25, -0.2) is 23.0 Å². The monoisotopic (exact) mass is 499 g/mol. The third-order valence-corrected chi connectivity index (χ3v) is 7.30. The number of allylic oxidation sites excluding steroid dienone is 3. The van der Waals surface area contributed by atoms with Gasteiger partial charge in [-0.3, -0.25) is 4.31 Å². The van der Waals surface area contributed by atoms with Crippen molar-refractivity contribution in [3.63, 3.8) is 0 Å². The molecule has 3 rings (SSSR count). The summed E-state index contributed by atoms with van der Waals surface area (Å²) in [7, 11) is -0.415. The van der Waals surface area contributed by atoms with Crippen LogP contribution in [0.1, 0.15) is 5.56 Å². The van der Waals surface area contributed by atoms with Crippen molar-refractivity contribution >= 4 is 37.3 Å². The summed E-state index contributed by atoms with van der Waals surface area (Å²) in [6.07, 6.45) is 3.22. The number of hydrogen-bond donors (Lipinski definition) is 0. The number of halogens is 3. The molecule has 2 aromatic rings. The molecule has 10 heteroatoms. The summed E-state index contributed by atoms with van der Waals surface area (Å²) < 4.78 is 54.3. The first kappa shape index (κ1) is 22.2. The molecule has 6 nitrogen and oxygen atoms in total. The van der Waals surface area contributed by atoms with Crippen molar-refractivity contribution in [1.82, 2.24) is 9.97 Å². The zero-order valence-corrected chi connectivity index (χ0v) is 18.7. The molecule has 1 aliphatic rings. The lowest BCUT2D eigenvalue weighted by Gasteiger charge is -2.30. The van der Waals surface area contributed by atoms with Crippen LogP contribution in [0.25, 0.3) is 0 Å². The van der Waals surface area contributed by atoms with Gasteiger partial charge in [0.25, 0.3) is 0 Å². The first-order valence-electron chi connectivity index (χ1n) is 8.77. The van der Waals surface area contributed by atoms with Crippen LogP contribution in [-0.4, -0.2) is 45.3 Å². The van der Waals surface area contributed by atoms with E-state index in [1.807, 2.05) is 0 Å². The molecule has 0 amide bonds. The van der Waals surface area contributed by atoms with E-state index >= 15 is 0 Å². The fourth-order valence-electron chi connectivity index (χ4n) is 2.91. The van der Waals surface area contributed by atoms with Crippen molar-refractivity contribution in [3.05, 3.63) is 65.2 Å². The number of nitrogens with zero attached hydrogens (tertiary/aromatic N) is 3. The number of methoxy groups -OCH3 is 2. The maximum Gasteiger partial charge on any atom is 0.143 e. The Kier molecular flexibility index (Phi) is 6.77. The largest absolute Gasteiger partial charge is 0.497 e. The molecule has 0 saturated carbocycles. The molecule has 0 N–H and O–H groups in total. The van der Waals surface area contributed by atoms with Crippen LogP contribution in [0.5, 0.6) is 11.5 Å². The van der Waals surface area contributed by atoms with Gasteiger partial charge < -0.3 is 9.47 Å². The molecule has 0 fully saturated rings. The van der Waals surface area contributed by atoms with Crippen LogP contribution in [0.4, 0.5) is 14.6 Å². The standard InChI is InChI=1S/C20H20BrF2N3O3S/c1-28-14-5-4-13(18(8-14)29-2)11-26(20-6-7-24-12-25-20)30(3,27)19-9-15(21)16(22)10-17(19)23/h4-10,12,15-16H,3,11H2,1-2H3. The van der Waals surface area contributed by atoms with Crippen molar-refractivity contribution in [1.29, 1.82) is 0 Å². The second-order valence-corrected chi connectivity index (χ2v) is 9.58. The second kappa shape index (κ2) is 9.13. The van der Waals surface area contributed by atoms with E-state index in [1.54, 1.807) is 18.2 Å². The topological polar surface area (TPSA) is 64.6 Å². The maximum absolute atomic E-state index is 14.6. The normalized spacial score (nSPS) is 20.6. The van der Waals surface area contributed by atoms with Crippen LogP contribution in [0, 0.1) is 0 Å². The Morgan fingerprint density at radius 3 is 2.67 bits per heavy atom. The zero-order valence-electron chi connectivity index (χ0n) is 16.3. The van der Waals surface area contributed by atoms with Crippen LogP contribution in [0.3, 0.4) is 0 Å². The van der Waals surface area contributed by atoms with E-state index in [0.29, 0.717) is 17.1 Å². The number of alkyl halides is 2. The molecule has 3 atom stereocenters. The highest BCUT2D eigenvalue weighted by molar-refractivity contribution is 9.09. The third kappa shape index (κ3) is 4.49. The number of hydrogen-bond acceptors (Lipinski definition) is 5. The SMILES string of the molecule is C=S(=O)(C1=CC(Br)C(F)C=C1F)N(Cc1ccc(OC)cc1OC)c1ccncn1. The van der Waals surface area contributed by atoms with Gasteiger partial charge in [0.1, 0.15) is 35.6 Å². The van der Waals surface area contributed by atoms with E-state index in [9.17, 15) is 13.0 Å². The van der Waals surface area contributed by atoms with Crippen LogP contribution < -0.4 is 13.8 Å². The average molecular weight is 500 g/mol. The molecule has 30 heavy (non-hydrogen) atoms. The van der Waals surface area contributed by atoms with E-state index in [4.69, 9.17) is 9.47 Å². The number of rotatable bonds is 7. The maximum atomic E-state index is 14.6. The minimum atomic E-state index is -3.44. The molecule has 160 valence electrons. The number of ether oxygens (including phenoxy) is 2. The Morgan fingerprint density at radius 2 is 2.03 bits per heavy atom. The van der Waals surface area contributed by atoms with Gasteiger partial charge in [0, 0.05) is 17.8 Å². The highest BCUT2D eigenvalue weighted by atomic mass is 79.9. The van der Waals surface area contributed by atoms with E-state index in [0.717, 1.165) is 6.08 Å². The summed E-state index contributed by atoms with van der Waals surface area (Å²) in [6.45, 7) is 0.0309. The molecule has 1 aromatic heterocycles. The molecule has 1 aromatic carbocycles. The van der Waals surface area contributed by atoms with Crippen LogP contribution in [-0.2, 0) is 16.3 Å². The van der Waals surface area contributed by atoms with Gasteiger partial charge in [0.05, 0.1) is 40.2 Å². The molecule has 1 aliphatic carbocycles. The molecule has 3 unspecified atom stereocenters. The van der Waals surface area contributed by atoms with Gasteiger partial charge in [0.2, 0.25) is 0 Å². The lowest BCUT2D eigenvalue weighted by atomic mass is 10.1. The lowest BCUT2D eigenvalue weighted by Crippen LogP contribution is -2.34. The van der Waals surface area contributed by atoms with Gasteiger partial charge in [-0.15, -0.1) is 0 Å². The molecule has 0 saturated heterocycles. The summed E-state index contributed by atoms with van der Waals surface area (Å²) in [4.78, 5) is 7.01. The third-order valence-electron chi connectivity index (χ3n) is 4.49. The Balaban J connectivity index is 2.09. The smallest absolute Gasteiger partial charge is 0.143 e. The molecular weight excluding hydrogens is 480 g/mol. The van der Waals surface area contributed by atoms with Gasteiger partial charge in [-0.05, 0) is 36.2 Å². The molecule has 0 radical (unpaired) electrons. The second-order valence-electron chi connectivity index (χ2n) is 6.36. The number of aromatic nitrogens is 2. The van der Waals surface area contributed by atoms with E-state index in [2.05, 4.69) is 31.8 Å². The summed E-state index contributed by atoms with van der Waals surface area (Å²) >= 11 is 3.13. The minimum absolute atomic E-state index is 0.0309. The van der Waals surface area contributed by atoms with E-state index in [1.165, 1.54) is 43.2 Å². The van der Waals surface area contributed by atoms with Crippen molar-refractivity contribution in [2.24, 2.45) is 0 Å². The van der Waals surface area contributed by atoms with E-state index in [-0.39, 0.29) is 17.3 Å². The Morgan fingerprint density at radius 1 is 1.27 bits per heavy atom. The predicted molar refractivity (Wildman–Crippen MR) is 118 cm³/mol. The van der Waals surface area contributed by atoms with Crippen molar-refractivity contribution in [2.45, 2.75) is 17.5 Å². The summed E-state index contributed by atoms with van der Waals surface area (Å²) in [5.41, 5.74) is 0.646. The number of benzene rings is 1. The van der Waals surface area contributed by atoms with Gasteiger partial charge >= 0.3 is 0 Å². The van der Waals surface area contributed by atoms with Crippen molar-refractivity contribution < 1.29 is 22.5 Å². The Hall–Kier alpha value is -2.46. The molecule has 0 bridgehead atoms. The minimum Gasteiger partial charge on any atom is -0.497 e. The van der Waals surface area contributed by atoms with Crippen molar-refractivity contribution in [3.8, 4) is 11.5 Å². The highest BCUT2D eigenvalue weighted by Crippen LogP contribution is 2.35. The van der Waals surface area contributed by atoms with Gasteiger partial charge in [0.15, 0.2) is 0 Å². The fourth-order valence-corrected chi connectivity index (χ4v) is 5.23. The first-order chi connectivity index (χ1) is 14.3. The molecular formula is C20H20BrF2N3O3S. The van der Waals surface area contributed by atoms with Gasteiger partial charge in [-0.2, -0.15) is 0 Å². The fraction of sp³-hybridized carbons (Fsp3) is 0.250. The van der Waals surface area contributed by atoms with Crippen LogP contribution in [0.2, 0.25) is 0 Å². The number of anilines is 1. The highest BCUT2D eigenvalue weighted by Gasteiger charge is 2.32. The summed E-state index contributed by atoms with van der Waals surface area (Å²) in [5, 5.41) is 0. The summed E-state index contributed by atoms with van der Waals surface area (Å²) in [5.74, 6) is 4.22. The molecule has 1 heterocycles. The average Bonchev–Trinajstić information content (AvgIpc) is 2.74. The lowest BCUT2D eigenvalue weighted by molar-refractivity contribution is 0.391. The quantitative estimate of drug-likeness (QED) is 0.425. The van der Waals surface area contributed by atoms with Crippen LogP contribution >= 0.6 is 15.9 Å². The van der Waals surface area contributed by atoms with Gasteiger partial charge in [-0.1, -0.05) is 15.9 Å². The zero-order chi connectivity index (χ0) is 21.9. The first-order valence-corrected chi connectivity index (χ1v) is 11.4. The van der Waals surface area contributed by atoms with Crippen molar-refractivity contribution in [2.75, 3.05) is 18.5 Å². The van der Waals surface area contributed by atoms with E-state index < -0.39 is 26.5 Å². The Labute approximate surface area is 182 Å². The molecule has 0 aliphatic heterocycles. The predicted octanol–water partition coefficient (Wildman–Crippen LogP) is 3.98. The van der Waals surface area contributed by atoms with Crippen LogP contribution in [0.15, 0.2) is 59.7 Å². The Bertz CT molecular complexity index is 1080. The molecule has 0 spiro atoms. The summed E-state index contributed by atoms with van der Waals surface area (Å²) in [6, 6.07) is 6.69.